The fourth-order valence-corrected chi connectivity index (χ4v) is 5.50. The highest BCUT2D eigenvalue weighted by atomic mass is 32.2. The van der Waals surface area contributed by atoms with E-state index < -0.39 is 39.4 Å². The number of alkyl halides is 3. The second-order valence-electron chi connectivity index (χ2n) is 10.4. The number of nitrogens with one attached hydrogen (secondary N) is 1. The van der Waals surface area contributed by atoms with Crippen molar-refractivity contribution in [3.63, 3.8) is 0 Å². The highest BCUT2D eigenvalue weighted by molar-refractivity contribution is 7.89. The summed E-state index contributed by atoms with van der Waals surface area (Å²) in [6.45, 7) is 3.57. The Hall–Kier alpha value is -3.25. The van der Waals surface area contributed by atoms with Gasteiger partial charge in [0, 0.05) is 25.7 Å². The number of β-amino-alcohol motifs (C(OH)–C–C–N with tert-alkyl or cyclic N) is 1. The summed E-state index contributed by atoms with van der Waals surface area (Å²) in [5, 5.41) is 22.7. The lowest BCUT2D eigenvalue weighted by atomic mass is 9.94. The molecule has 0 aliphatic rings. The third-order valence-electron chi connectivity index (χ3n) is 6.40. The van der Waals surface area contributed by atoms with E-state index in [1.165, 1.54) is 31.3 Å². The van der Waals surface area contributed by atoms with E-state index in [4.69, 9.17) is 5.11 Å². The van der Waals surface area contributed by atoms with Crippen LogP contribution in [0.15, 0.2) is 77.7 Å². The van der Waals surface area contributed by atoms with Crippen molar-refractivity contribution >= 4 is 16.0 Å². The lowest BCUT2D eigenvalue weighted by Gasteiger charge is -2.29. The molecule has 0 bridgehead atoms. The third kappa shape index (κ3) is 8.62. The van der Waals surface area contributed by atoms with Crippen LogP contribution < -0.4 is 5.32 Å². The summed E-state index contributed by atoms with van der Waals surface area (Å²) in [5.41, 5.74) is 1.39. The number of likely N-dealkylation sites (N-methyl/N-ethyl adjacent to an activating group) is 1. The van der Waals surface area contributed by atoms with Crippen LogP contribution in [0.4, 0.5) is 13.2 Å². The average Bonchev–Trinajstić information content (AvgIpc) is 2.87. The van der Waals surface area contributed by atoms with Gasteiger partial charge in [-0.15, -0.1) is 0 Å². The van der Waals surface area contributed by atoms with Gasteiger partial charge in [-0.25, -0.2) is 8.42 Å². The number of aliphatic hydroxyl groups is 1. The van der Waals surface area contributed by atoms with Gasteiger partial charge in [-0.1, -0.05) is 48.5 Å². The first-order valence-corrected chi connectivity index (χ1v) is 14.0. The molecule has 0 fully saturated rings. The lowest BCUT2D eigenvalue weighted by molar-refractivity contribution is -0.138. The molecule has 3 rings (SSSR count). The van der Waals surface area contributed by atoms with Crippen molar-refractivity contribution < 1.29 is 36.6 Å². The molecule has 0 saturated carbocycles. The molecule has 0 amide bonds. The van der Waals surface area contributed by atoms with Gasteiger partial charge in [0.15, 0.2) is 0 Å². The molecular weight excluding hydrogens is 545 g/mol. The minimum absolute atomic E-state index is 0.0462. The van der Waals surface area contributed by atoms with Gasteiger partial charge in [-0.3, -0.25) is 4.79 Å². The molecule has 7 nitrogen and oxygen atoms in total. The van der Waals surface area contributed by atoms with E-state index in [0.717, 1.165) is 22.0 Å². The van der Waals surface area contributed by atoms with Crippen LogP contribution in [0, 0.1) is 0 Å². The topological polar surface area (TPSA) is 107 Å². The summed E-state index contributed by atoms with van der Waals surface area (Å²) in [6.07, 6.45) is -5.16. The number of aliphatic hydroxyl groups excluding tert-OH is 1. The minimum atomic E-state index is -4.40. The van der Waals surface area contributed by atoms with Gasteiger partial charge in [0.2, 0.25) is 10.0 Å². The lowest BCUT2D eigenvalue weighted by Crippen LogP contribution is -2.47. The fourth-order valence-electron chi connectivity index (χ4n) is 4.24. The Kier molecular flexibility index (Phi) is 9.78. The van der Waals surface area contributed by atoms with Crippen LogP contribution in [0.3, 0.4) is 0 Å². The van der Waals surface area contributed by atoms with Crippen LogP contribution in [0.25, 0.3) is 11.1 Å². The zero-order chi connectivity index (χ0) is 29.7. The molecule has 0 saturated heterocycles. The number of benzene rings is 3. The van der Waals surface area contributed by atoms with E-state index >= 15 is 0 Å². The largest absolute Gasteiger partial charge is 0.481 e. The molecule has 0 aromatic heterocycles. The molecule has 0 aliphatic heterocycles. The number of aliphatic carboxylic acids is 1. The smallest absolute Gasteiger partial charge is 0.416 e. The second kappa shape index (κ2) is 12.5. The van der Waals surface area contributed by atoms with E-state index in [1.54, 1.807) is 36.4 Å². The van der Waals surface area contributed by atoms with Crippen molar-refractivity contribution in [1.82, 2.24) is 9.62 Å². The molecule has 1 atom stereocenters. The first-order valence-electron chi connectivity index (χ1n) is 12.5. The first-order chi connectivity index (χ1) is 18.6. The molecule has 0 aliphatic carbocycles. The fraction of sp³-hybridized carbons (Fsp3) is 0.345. The minimum Gasteiger partial charge on any atom is -0.481 e. The Bertz CT molecular complexity index is 1410. The second-order valence-corrected chi connectivity index (χ2v) is 12.4. The Balaban J connectivity index is 1.60. The van der Waals surface area contributed by atoms with Gasteiger partial charge < -0.3 is 15.5 Å². The Morgan fingerprint density at radius 3 is 2.12 bits per heavy atom. The molecule has 0 radical (unpaired) electrons. The molecule has 40 heavy (non-hydrogen) atoms. The van der Waals surface area contributed by atoms with Gasteiger partial charge in [0.1, 0.15) is 0 Å². The predicted molar refractivity (Wildman–Crippen MR) is 146 cm³/mol. The van der Waals surface area contributed by atoms with Gasteiger partial charge in [-0.2, -0.15) is 17.5 Å². The normalized spacial score (nSPS) is 13.4. The molecule has 3 aromatic rings. The summed E-state index contributed by atoms with van der Waals surface area (Å²) in [4.78, 5) is 10.9. The number of carboxylic acids is 1. The molecule has 3 aromatic carbocycles. The Morgan fingerprint density at radius 1 is 0.950 bits per heavy atom. The summed E-state index contributed by atoms with van der Waals surface area (Å²) in [5.74, 6) is -0.941. The molecule has 0 spiro atoms. The number of carbonyl (C=O) groups is 1. The molecule has 11 heteroatoms. The first kappa shape index (κ1) is 31.3. The zero-order valence-electron chi connectivity index (χ0n) is 22.4. The monoisotopic (exact) mass is 578 g/mol. The van der Waals surface area contributed by atoms with Crippen molar-refractivity contribution in [2.24, 2.45) is 0 Å². The third-order valence-corrected chi connectivity index (χ3v) is 8.22. The van der Waals surface area contributed by atoms with E-state index in [-0.39, 0.29) is 24.4 Å². The number of rotatable bonds is 12. The number of sulfonamides is 1. The number of nitrogens with zero attached hydrogens (tertiary/aromatic N) is 1. The number of hydrogen-bond donors (Lipinski definition) is 3. The van der Waals surface area contributed by atoms with Crippen molar-refractivity contribution in [2.45, 2.75) is 49.4 Å². The number of carboxylic acid groups (broad SMARTS) is 1. The Labute approximate surface area is 232 Å². The maximum Gasteiger partial charge on any atom is 0.416 e. The van der Waals surface area contributed by atoms with Crippen LogP contribution in [0.2, 0.25) is 0 Å². The van der Waals surface area contributed by atoms with E-state index in [0.29, 0.717) is 23.1 Å². The standard InChI is InChI=1S/C29H33F3N2O5S/c1-28(2,17-21-9-13-24(14-10-21)29(30,31)32)33-18-25(35)19-34(3)40(38,39)26-6-4-5-23(16-26)22-11-7-20(8-12-22)15-27(36)37/h4-14,16,25,33,35H,15,17-19H2,1-3H3,(H,36,37). The van der Waals surface area contributed by atoms with E-state index in [1.807, 2.05) is 13.8 Å². The molecule has 216 valence electrons. The summed E-state index contributed by atoms with van der Waals surface area (Å²) < 4.78 is 65.9. The van der Waals surface area contributed by atoms with Crippen LogP contribution in [-0.2, 0) is 33.8 Å². The maximum atomic E-state index is 13.2. The van der Waals surface area contributed by atoms with Gasteiger partial charge >= 0.3 is 12.1 Å². The van der Waals surface area contributed by atoms with E-state index in [9.17, 15) is 31.5 Å². The zero-order valence-corrected chi connectivity index (χ0v) is 23.3. The molecule has 0 heterocycles. The SMILES string of the molecule is CN(CC(O)CNC(C)(C)Cc1ccc(C(F)(F)F)cc1)S(=O)(=O)c1cccc(-c2ccc(CC(=O)O)cc2)c1. The summed E-state index contributed by atoms with van der Waals surface area (Å²) in [7, 11) is -2.56. The van der Waals surface area contributed by atoms with Crippen LogP contribution in [-0.4, -0.2) is 60.7 Å². The molecular formula is C29H33F3N2O5S. The highest BCUT2D eigenvalue weighted by Gasteiger charge is 2.30. The highest BCUT2D eigenvalue weighted by Crippen LogP contribution is 2.29. The molecule has 1 unspecified atom stereocenters. The van der Waals surface area contributed by atoms with Gasteiger partial charge in [0.05, 0.1) is 23.0 Å². The quantitative estimate of drug-likeness (QED) is 0.290. The van der Waals surface area contributed by atoms with Crippen molar-refractivity contribution in [3.8, 4) is 11.1 Å². The van der Waals surface area contributed by atoms with E-state index in [2.05, 4.69) is 5.32 Å². The predicted octanol–water partition coefficient (Wildman–Crippen LogP) is 4.59. The number of halogens is 3. The van der Waals surface area contributed by atoms with Gasteiger partial charge in [-0.05, 0) is 66.8 Å². The summed E-state index contributed by atoms with van der Waals surface area (Å²) in [6, 6.07) is 18.1. The summed E-state index contributed by atoms with van der Waals surface area (Å²) >= 11 is 0. The Morgan fingerprint density at radius 2 is 1.55 bits per heavy atom. The molecule has 3 N–H and O–H groups in total. The van der Waals surface area contributed by atoms with Crippen molar-refractivity contribution in [2.75, 3.05) is 20.1 Å². The number of hydrogen-bond acceptors (Lipinski definition) is 5. The van der Waals surface area contributed by atoms with Crippen LogP contribution >= 0.6 is 0 Å². The van der Waals surface area contributed by atoms with Crippen molar-refractivity contribution in [1.29, 1.82) is 0 Å². The van der Waals surface area contributed by atoms with Crippen LogP contribution in [0.1, 0.15) is 30.5 Å². The van der Waals surface area contributed by atoms with Crippen LogP contribution in [0.5, 0.6) is 0 Å². The van der Waals surface area contributed by atoms with Gasteiger partial charge in [0.25, 0.3) is 0 Å². The average molecular weight is 579 g/mol. The maximum absolute atomic E-state index is 13.2. The van der Waals surface area contributed by atoms with Crippen molar-refractivity contribution in [3.05, 3.63) is 89.5 Å².